The number of nitrogens with one attached hydrogen (secondary N) is 1. The molecular weight excluding hydrogens is 266 g/mol. The molecule has 1 fully saturated rings. The summed E-state index contributed by atoms with van der Waals surface area (Å²) in [6.07, 6.45) is 5.25. The molecule has 0 aromatic heterocycles. The quantitative estimate of drug-likeness (QED) is 0.783. The standard InChI is InChI=1S/C17H27NO3/c1-13-4-6-14(7-5-13)18-8-9-21-17-11-15(19-2)10-16(12-17)20-3/h10-14,18H,4-9H2,1-3H3. The maximum Gasteiger partial charge on any atom is 0.126 e. The summed E-state index contributed by atoms with van der Waals surface area (Å²) in [5.41, 5.74) is 0. The van der Waals surface area contributed by atoms with Crippen LogP contribution in [0.1, 0.15) is 32.6 Å². The van der Waals surface area contributed by atoms with Crippen LogP contribution in [0, 0.1) is 5.92 Å². The average Bonchev–Trinajstić information content (AvgIpc) is 2.53. The van der Waals surface area contributed by atoms with Gasteiger partial charge in [-0.25, -0.2) is 0 Å². The Morgan fingerprint density at radius 1 is 0.952 bits per heavy atom. The predicted molar refractivity (Wildman–Crippen MR) is 84.5 cm³/mol. The van der Waals surface area contributed by atoms with Gasteiger partial charge in [-0.1, -0.05) is 6.92 Å². The van der Waals surface area contributed by atoms with E-state index in [4.69, 9.17) is 14.2 Å². The molecule has 1 aromatic rings. The van der Waals surface area contributed by atoms with Crippen molar-refractivity contribution in [3.8, 4) is 17.2 Å². The second kappa shape index (κ2) is 8.13. The molecule has 0 atom stereocenters. The van der Waals surface area contributed by atoms with Gasteiger partial charge in [-0.05, 0) is 31.6 Å². The SMILES string of the molecule is COc1cc(OC)cc(OCCNC2CCC(C)CC2)c1. The van der Waals surface area contributed by atoms with Gasteiger partial charge in [0.05, 0.1) is 14.2 Å². The first-order valence-corrected chi connectivity index (χ1v) is 7.80. The van der Waals surface area contributed by atoms with Gasteiger partial charge in [0.2, 0.25) is 0 Å². The van der Waals surface area contributed by atoms with Gasteiger partial charge in [0.15, 0.2) is 0 Å². The van der Waals surface area contributed by atoms with E-state index < -0.39 is 0 Å². The van der Waals surface area contributed by atoms with E-state index in [1.54, 1.807) is 14.2 Å². The van der Waals surface area contributed by atoms with Crippen LogP contribution in [0.15, 0.2) is 18.2 Å². The summed E-state index contributed by atoms with van der Waals surface area (Å²) in [4.78, 5) is 0. The van der Waals surface area contributed by atoms with Gasteiger partial charge < -0.3 is 19.5 Å². The first-order valence-electron chi connectivity index (χ1n) is 7.80. The minimum Gasteiger partial charge on any atom is -0.496 e. The lowest BCUT2D eigenvalue weighted by Gasteiger charge is -2.27. The maximum absolute atomic E-state index is 5.78. The highest BCUT2D eigenvalue weighted by Gasteiger charge is 2.17. The largest absolute Gasteiger partial charge is 0.496 e. The molecule has 0 radical (unpaired) electrons. The van der Waals surface area contributed by atoms with Crippen LogP contribution in [-0.2, 0) is 0 Å². The summed E-state index contributed by atoms with van der Waals surface area (Å²) in [6.45, 7) is 3.87. The highest BCUT2D eigenvalue weighted by Crippen LogP contribution is 2.27. The van der Waals surface area contributed by atoms with Crippen molar-refractivity contribution in [3.63, 3.8) is 0 Å². The zero-order valence-corrected chi connectivity index (χ0v) is 13.4. The third kappa shape index (κ3) is 5.12. The number of benzene rings is 1. The molecule has 4 nitrogen and oxygen atoms in total. The molecule has 0 unspecified atom stereocenters. The van der Waals surface area contributed by atoms with Crippen molar-refractivity contribution in [1.29, 1.82) is 0 Å². The minimum absolute atomic E-state index is 0.655. The molecule has 1 aromatic carbocycles. The Bertz CT molecular complexity index is 406. The predicted octanol–water partition coefficient (Wildman–Crippen LogP) is 3.25. The lowest BCUT2D eigenvalue weighted by Crippen LogP contribution is -2.35. The number of ether oxygens (including phenoxy) is 3. The van der Waals surface area contributed by atoms with Crippen molar-refractivity contribution in [2.24, 2.45) is 5.92 Å². The first-order chi connectivity index (χ1) is 10.2. The molecule has 1 saturated carbocycles. The number of methoxy groups -OCH3 is 2. The molecule has 0 amide bonds. The molecule has 1 aliphatic rings. The molecule has 0 aliphatic heterocycles. The van der Waals surface area contributed by atoms with E-state index in [1.165, 1.54) is 25.7 Å². The van der Waals surface area contributed by atoms with Gasteiger partial charge in [-0.15, -0.1) is 0 Å². The Hall–Kier alpha value is -1.42. The fourth-order valence-electron chi connectivity index (χ4n) is 2.76. The summed E-state index contributed by atoms with van der Waals surface area (Å²) in [5, 5.41) is 3.58. The van der Waals surface area contributed by atoms with Gasteiger partial charge in [0.25, 0.3) is 0 Å². The van der Waals surface area contributed by atoms with Crippen molar-refractivity contribution in [1.82, 2.24) is 5.32 Å². The zero-order chi connectivity index (χ0) is 15.1. The number of hydrogen-bond donors (Lipinski definition) is 1. The fourth-order valence-corrected chi connectivity index (χ4v) is 2.76. The van der Waals surface area contributed by atoms with Gasteiger partial charge in [-0.2, -0.15) is 0 Å². The second-order valence-corrected chi connectivity index (χ2v) is 5.81. The Kier molecular flexibility index (Phi) is 6.18. The van der Waals surface area contributed by atoms with Gasteiger partial charge >= 0.3 is 0 Å². The minimum atomic E-state index is 0.655. The molecule has 0 spiro atoms. The summed E-state index contributed by atoms with van der Waals surface area (Å²) in [5.74, 6) is 3.17. The summed E-state index contributed by atoms with van der Waals surface area (Å²) < 4.78 is 16.2. The second-order valence-electron chi connectivity index (χ2n) is 5.81. The van der Waals surface area contributed by atoms with Gasteiger partial charge in [0, 0.05) is 30.8 Å². The monoisotopic (exact) mass is 293 g/mol. The molecule has 21 heavy (non-hydrogen) atoms. The van der Waals surface area contributed by atoms with Crippen LogP contribution >= 0.6 is 0 Å². The van der Waals surface area contributed by atoms with Gasteiger partial charge in [0.1, 0.15) is 23.9 Å². The van der Waals surface area contributed by atoms with E-state index in [9.17, 15) is 0 Å². The average molecular weight is 293 g/mol. The zero-order valence-electron chi connectivity index (χ0n) is 13.4. The van der Waals surface area contributed by atoms with Crippen molar-refractivity contribution in [2.45, 2.75) is 38.6 Å². The van der Waals surface area contributed by atoms with Crippen molar-refractivity contribution in [2.75, 3.05) is 27.4 Å². The van der Waals surface area contributed by atoms with Crippen molar-refractivity contribution >= 4 is 0 Å². The maximum atomic E-state index is 5.78. The van der Waals surface area contributed by atoms with E-state index in [0.717, 1.165) is 29.7 Å². The third-order valence-corrected chi connectivity index (χ3v) is 4.14. The summed E-state index contributed by atoms with van der Waals surface area (Å²) in [7, 11) is 3.29. The van der Waals surface area contributed by atoms with Crippen LogP contribution in [0.2, 0.25) is 0 Å². The van der Waals surface area contributed by atoms with E-state index in [2.05, 4.69) is 12.2 Å². The smallest absolute Gasteiger partial charge is 0.126 e. The van der Waals surface area contributed by atoms with Crippen molar-refractivity contribution < 1.29 is 14.2 Å². The molecule has 0 saturated heterocycles. The Balaban J connectivity index is 1.73. The van der Waals surface area contributed by atoms with E-state index in [0.29, 0.717) is 12.6 Å². The molecule has 1 N–H and O–H groups in total. The highest BCUT2D eigenvalue weighted by atomic mass is 16.5. The van der Waals surface area contributed by atoms with Crippen molar-refractivity contribution in [3.05, 3.63) is 18.2 Å². The van der Waals surface area contributed by atoms with E-state index in [-0.39, 0.29) is 0 Å². The van der Waals surface area contributed by atoms with E-state index in [1.807, 2.05) is 18.2 Å². The van der Waals surface area contributed by atoms with Crippen LogP contribution in [0.5, 0.6) is 17.2 Å². The Morgan fingerprint density at radius 2 is 1.52 bits per heavy atom. The number of hydrogen-bond acceptors (Lipinski definition) is 4. The summed E-state index contributed by atoms with van der Waals surface area (Å²) in [6, 6.07) is 6.26. The first kappa shape index (κ1) is 16.0. The molecule has 118 valence electrons. The topological polar surface area (TPSA) is 39.7 Å². The normalized spacial score (nSPS) is 21.9. The highest BCUT2D eigenvalue weighted by molar-refractivity contribution is 5.41. The lowest BCUT2D eigenvalue weighted by atomic mass is 9.87. The van der Waals surface area contributed by atoms with Crippen LogP contribution in [0.3, 0.4) is 0 Å². The molecule has 4 heteroatoms. The molecular formula is C17H27NO3. The molecule has 0 heterocycles. The van der Waals surface area contributed by atoms with Crippen LogP contribution in [-0.4, -0.2) is 33.4 Å². The Labute approximate surface area is 127 Å². The third-order valence-electron chi connectivity index (χ3n) is 4.14. The molecule has 2 rings (SSSR count). The molecule has 1 aliphatic carbocycles. The number of rotatable bonds is 7. The fraction of sp³-hybridized carbons (Fsp3) is 0.647. The van der Waals surface area contributed by atoms with Gasteiger partial charge in [-0.3, -0.25) is 0 Å². The van der Waals surface area contributed by atoms with Crippen LogP contribution in [0.25, 0.3) is 0 Å². The lowest BCUT2D eigenvalue weighted by molar-refractivity contribution is 0.269. The Morgan fingerprint density at radius 3 is 2.10 bits per heavy atom. The molecule has 0 bridgehead atoms. The van der Waals surface area contributed by atoms with Crippen LogP contribution in [0.4, 0.5) is 0 Å². The van der Waals surface area contributed by atoms with E-state index >= 15 is 0 Å². The van der Waals surface area contributed by atoms with Crippen LogP contribution < -0.4 is 19.5 Å². The summed E-state index contributed by atoms with van der Waals surface area (Å²) >= 11 is 0.